The van der Waals surface area contributed by atoms with Gasteiger partial charge in [0, 0.05) is 18.0 Å². The second kappa shape index (κ2) is 13.0. The third-order valence-electron chi connectivity index (χ3n) is 6.12. The third kappa shape index (κ3) is 7.01. The minimum Gasteiger partial charge on any atom is -0.466 e. The largest absolute Gasteiger partial charge is 0.466 e. The Kier molecular flexibility index (Phi) is 9.29. The van der Waals surface area contributed by atoms with Gasteiger partial charge in [-0.1, -0.05) is 13.8 Å². The normalized spacial score (nSPS) is 13.1. The highest BCUT2D eigenvalue weighted by atomic mass is 16.5. The number of H-pyrrole nitrogens is 1. The van der Waals surface area contributed by atoms with Crippen LogP contribution in [0.1, 0.15) is 62.3 Å². The molecular formula is C27H36N6O6. The minimum atomic E-state index is -1.24. The standard InChI is InChI=1S/C27H36N6O6/c1-7-38-21(34)10-9-20(27(37)39-8-2)30-26(36)23(15(3)4)31-25(35)22-16(5)32-33(17(22)6)19-13-18-11-12-28-24(18)29-14-19/h11-15,20,23H,7-10H2,1-6H3,(H,28,29)(H,30,36)(H,31,35)/t20-,23-/m0/s1/i/hD. The van der Waals surface area contributed by atoms with Gasteiger partial charge in [-0.25, -0.2) is 14.5 Å². The molecule has 3 rings (SSSR count). The first kappa shape index (κ1) is 27.8. The fraction of sp³-hybridized carbons (Fsp3) is 0.481. The maximum absolute atomic E-state index is 13.6. The molecule has 0 radical (unpaired) electrons. The van der Waals surface area contributed by atoms with E-state index in [-0.39, 0.29) is 31.6 Å². The van der Waals surface area contributed by atoms with E-state index < -0.39 is 41.8 Å². The molecule has 3 aromatic heterocycles. The van der Waals surface area contributed by atoms with Gasteiger partial charge in [0.1, 0.15) is 17.7 Å². The maximum Gasteiger partial charge on any atom is 0.328 e. The molecule has 0 aliphatic carbocycles. The smallest absolute Gasteiger partial charge is 0.328 e. The summed E-state index contributed by atoms with van der Waals surface area (Å²) in [6.45, 7) is 10.3. The highest BCUT2D eigenvalue weighted by Crippen LogP contribution is 2.21. The predicted octanol–water partition coefficient (Wildman–Crippen LogP) is 2.51. The molecule has 39 heavy (non-hydrogen) atoms. The Labute approximate surface area is 228 Å². The molecule has 0 saturated carbocycles. The molecule has 0 spiro atoms. The number of nitrogens with one attached hydrogen (secondary N) is 3. The number of nitrogens with zero attached hydrogens (tertiary/aromatic N) is 3. The first-order valence-corrected chi connectivity index (χ1v) is 12.9. The fourth-order valence-electron chi connectivity index (χ4n) is 4.19. The summed E-state index contributed by atoms with van der Waals surface area (Å²) in [5.74, 6) is -3.15. The van der Waals surface area contributed by atoms with Crippen molar-refractivity contribution in [2.45, 2.75) is 66.5 Å². The van der Waals surface area contributed by atoms with Gasteiger partial charge in [0.2, 0.25) is 5.91 Å². The zero-order valence-electron chi connectivity index (χ0n) is 24.1. The number of aromatic nitrogens is 4. The van der Waals surface area contributed by atoms with Crippen molar-refractivity contribution >= 4 is 34.8 Å². The predicted molar refractivity (Wildman–Crippen MR) is 143 cm³/mol. The van der Waals surface area contributed by atoms with Crippen molar-refractivity contribution in [2.24, 2.45) is 5.92 Å². The number of ether oxygens (including phenoxy) is 2. The molecule has 0 saturated heterocycles. The van der Waals surface area contributed by atoms with Gasteiger partial charge >= 0.3 is 11.9 Å². The van der Waals surface area contributed by atoms with Gasteiger partial charge in [-0.05, 0) is 52.2 Å². The summed E-state index contributed by atoms with van der Waals surface area (Å²) in [4.78, 5) is 58.7. The van der Waals surface area contributed by atoms with Crippen LogP contribution in [0.2, 0.25) is 1.41 Å². The van der Waals surface area contributed by atoms with Crippen LogP contribution in [0.25, 0.3) is 16.7 Å². The zero-order valence-corrected chi connectivity index (χ0v) is 23.1. The highest BCUT2D eigenvalue weighted by molar-refractivity contribution is 6.00. The summed E-state index contributed by atoms with van der Waals surface area (Å²) in [6, 6.07) is 1.36. The average Bonchev–Trinajstić information content (AvgIpc) is 3.49. The van der Waals surface area contributed by atoms with Crippen molar-refractivity contribution in [2.75, 3.05) is 13.2 Å². The van der Waals surface area contributed by atoms with Crippen LogP contribution in [-0.2, 0) is 23.9 Å². The number of aromatic amines is 1. The second-order valence-corrected chi connectivity index (χ2v) is 9.35. The van der Waals surface area contributed by atoms with E-state index in [4.69, 9.17) is 10.9 Å². The topological polar surface area (TPSA) is 157 Å². The van der Waals surface area contributed by atoms with Gasteiger partial charge < -0.3 is 25.1 Å². The molecule has 0 aromatic carbocycles. The second-order valence-electron chi connectivity index (χ2n) is 9.35. The number of amides is 2. The Balaban J connectivity index is 1.84. The maximum atomic E-state index is 13.6. The van der Waals surface area contributed by atoms with Crippen molar-refractivity contribution in [1.29, 1.82) is 0 Å². The summed E-state index contributed by atoms with van der Waals surface area (Å²) in [5, 5.41) is 8.56. The molecule has 2 atom stereocenters. The van der Waals surface area contributed by atoms with E-state index in [2.05, 4.69) is 20.4 Å². The summed E-state index contributed by atoms with van der Waals surface area (Å²) < 4.78 is 20.2. The number of carbonyl (C=O) groups excluding carboxylic acids is 4. The number of hydrogen-bond donors (Lipinski definition) is 3. The van der Waals surface area contributed by atoms with Gasteiger partial charge in [-0.15, -0.1) is 0 Å². The van der Waals surface area contributed by atoms with Crippen LogP contribution in [0.5, 0.6) is 0 Å². The molecule has 0 bridgehead atoms. The molecule has 210 valence electrons. The molecule has 3 N–H and O–H groups in total. The quantitative estimate of drug-likeness (QED) is 0.295. The Hall–Kier alpha value is -4.22. The van der Waals surface area contributed by atoms with Crippen molar-refractivity contribution < 1.29 is 30.1 Å². The Morgan fingerprint density at radius 3 is 2.54 bits per heavy atom. The number of aryl methyl sites for hydroxylation is 1. The molecule has 3 aromatic rings. The Morgan fingerprint density at radius 1 is 1.15 bits per heavy atom. The van der Waals surface area contributed by atoms with Crippen LogP contribution < -0.4 is 10.6 Å². The lowest BCUT2D eigenvalue weighted by atomic mass is 10.0. The first-order chi connectivity index (χ1) is 19.0. The van der Waals surface area contributed by atoms with Crippen LogP contribution in [0.3, 0.4) is 0 Å². The van der Waals surface area contributed by atoms with Crippen molar-refractivity contribution in [3.8, 4) is 5.69 Å². The highest BCUT2D eigenvalue weighted by Gasteiger charge is 2.31. The number of hydrogen-bond acceptors (Lipinski definition) is 8. The molecular weight excluding hydrogens is 504 g/mol. The van der Waals surface area contributed by atoms with Crippen molar-refractivity contribution in [3.05, 3.63) is 41.5 Å². The van der Waals surface area contributed by atoms with E-state index in [1.54, 1.807) is 58.6 Å². The van der Waals surface area contributed by atoms with E-state index >= 15 is 0 Å². The molecule has 12 nitrogen and oxygen atoms in total. The van der Waals surface area contributed by atoms with Crippen molar-refractivity contribution in [3.63, 3.8) is 0 Å². The molecule has 3 heterocycles. The summed E-state index contributed by atoms with van der Waals surface area (Å²) >= 11 is 0. The number of carbonyl (C=O) groups is 4. The third-order valence-corrected chi connectivity index (χ3v) is 6.12. The van der Waals surface area contributed by atoms with E-state index in [0.717, 1.165) is 5.39 Å². The molecule has 2 amide bonds. The van der Waals surface area contributed by atoms with E-state index in [1.165, 1.54) is 0 Å². The van der Waals surface area contributed by atoms with Crippen LogP contribution >= 0.6 is 0 Å². The van der Waals surface area contributed by atoms with Crippen molar-refractivity contribution in [1.82, 2.24) is 30.4 Å². The molecule has 0 aliphatic heterocycles. The first-order valence-electron chi connectivity index (χ1n) is 13.4. The Bertz CT molecular complexity index is 1380. The van der Waals surface area contributed by atoms with Gasteiger partial charge in [0.25, 0.3) is 5.91 Å². The van der Waals surface area contributed by atoms with Gasteiger partial charge in [-0.3, -0.25) is 14.4 Å². The lowest BCUT2D eigenvalue weighted by Gasteiger charge is -2.25. The molecule has 0 fully saturated rings. The van der Waals surface area contributed by atoms with E-state index in [1.807, 2.05) is 12.1 Å². The van der Waals surface area contributed by atoms with Gasteiger partial charge in [-0.2, -0.15) is 5.10 Å². The van der Waals surface area contributed by atoms with Crippen LogP contribution in [-0.4, -0.2) is 68.8 Å². The number of fused-ring (bicyclic) bond motifs is 1. The van der Waals surface area contributed by atoms with Crippen LogP contribution in [0.4, 0.5) is 0 Å². The fourth-order valence-corrected chi connectivity index (χ4v) is 4.19. The summed E-state index contributed by atoms with van der Waals surface area (Å²) in [6.07, 6.45) is 3.23. The molecule has 0 aliphatic rings. The summed E-state index contributed by atoms with van der Waals surface area (Å²) in [5.41, 5.74) is 2.41. The minimum absolute atomic E-state index is 0.0509. The van der Waals surface area contributed by atoms with Crippen LogP contribution in [0, 0.1) is 19.8 Å². The number of pyridine rings is 1. The lowest BCUT2D eigenvalue weighted by molar-refractivity contribution is -0.149. The number of rotatable bonds is 12. The van der Waals surface area contributed by atoms with Crippen LogP contribution in [0.15, 0.2) is 24.5 Å². The average molecular weight is 542 g/mol. The van der Waals surface area contributed by atoms with E-state index in [0.29, 0.717) is 28.0 Å². The van der Waals surface area contributed by atoms with Gasteiger partial charge in [0.05, 0.1) is 42.0 Å². The Morgan fingerprint density at radius 2 is 1.87 bits per heavy atom. The lowest BCUT2D eigenvalue weighted by Crippen LogP contribution is -2.54. The monoisotopic (exact) mass is 541 g/mol. The molecule has 12 heteroatoms. The zero-order chi connectivity index (χ0) is 29.6. The van der Waals surface area contributed by atoms with E-state index in [9.17, 15) is 19.2 Å². The number of esters is 2. The van der Waals surface area contributed by atoms with Gasteiger partial charge in [0.15, 0.2) is 1.41 Å². The molecule has 0 unspecified atom stereocenters. The summed E-state index contributed by atoms with van der Waals surface area (Å²) in [7, 11) is 0. The SMILES string of the molecule is [2H]N(C(=O)c1c(C)nn(-c2cnc3[nH]ccc3c2)c1C)[C@H](C(=O)N[C@@H](CCC(=O)OCC)C(=O)OCC)C(C)C.